The maximum Gasteiger partial charge on any atom is 0.0297 e. The molecule has 0 radical (unpaired) electrons. The van der Waals surface area contributed by atoms with Gasteiger partial charge in [0.25, 0.3) is 0 Å². The molecule has 0 spiro atoms. The third kappa shape index (κ3) is 4.90. The molecule has 0 aliphatic rings. The molecule has 0 saturated heterocycles. The highest BCUT2D eigenvalue weighted by Crippen LogP contribution is 2.25. The molecular formula is C24H29NS. The van der Waals surface area contributed by atoms with Crippen molar-refractivity contribution in [2.75, 3.05) is 12.3 Å². The second kappa shape index (κ2) is 9.25. The Bertz CT molecular complexity index is 850. The minimum absolute atomic E-state index is 0.382. The summed E-state index contributed by atoms with van der Waals surface area (Å²) in [5.74, 6) is 1.19. The molecule has 136 valence electrons. The summed E-state index contributed by atoms with van der Waals surface area (Å²) in [5.41, 5.74) is 4.14. The Labute approximate surface area is 162 Å². The minimum Gasteiger partial charge on any atom is -0.310 e. The van der Waals surface area contributed by atoms with Gasteiger partial charge in [-0.2, -0.15) is 0 Å². The molecule has 0 aliphatic heterocycles. The first-order valence-electron chi connectivity index (χ1n) is 9.56. The van der Waals surface area contributed by atoms with Crippen LogP contribution in [0.3, 0.4) is 0 Å². The van der Waals surface area contributed by atoms with E-state index in [2.05, 4.69) is 86.8 Å². The van der Waals surface area contributed by atoms with Gasteiger partial charge in [0.2, 0.25) is 0 Å². The molecule has 2 heteroatoms. The lowest BCUT2D eigenvalue weighted by atomic mass is 9.99. The lowest BCUT2D eigenvalue weighted by Gasteiger charge is -2.16. The number of hydrogen-bond donors (Lipinski definition) is 1. The van der Waals surface area contributed by atoms with E-state index in [0.29, 0.717) is 6.04 Å². The fraction of sp³-hybridized carbons (Fsp3) is 0.333. The number of benzene rings is 3. The third-order valence-corrected chi connectivity index (χ3v) is 6.16. The van der Waals surface area contributed by atoms with E-state index in [9.17, 15) is 0 Å². The van der Waals surface area contributed by atoms with Crippen molar-refractivity contribution in [3.8, 4) is 0 Å². The van der Waals surface area contributed by atoms with Crippen LogP contribution in [0.2, 0.25) is 0 Å². The standard InChI is InChI=1S/C24H29NS/c1-18-13-14-24(19(2)17-18)26-16-7-6-15-25-20(3)22-12-8-10-21-9-4-5-11-23(21)22/h4-5,8-14,17,20,25H,6-7,15-16H2,1-3H3/t20-/m1/s1. The Balaban J connectivity index is 1.43. The minimum atomic E-state index is 0.382. The van der Waals surface area contributed by atoms with Crippen LogP contribution < -0.4 is 5.32 Å². The van der Waals surface area contributed by atoms with E-state index in [-0.39, 0.29) is 0 Å². The zero-order valence-corrected chi connectivity index (χ0v) is 16.9. The average molecular weight is 364 g/mol. The van der Waals surface area contributed by atoms with Crippen molar-refractivity contribution < 1.29 is 0 Å². The lowest BCUT2D eigenvalue weighted by Crippen LogP contribution is -2.20. The summed E-state index contributed by atoms with van der Waals surface area (Å²) in [7, 11) is 0. The summed E-state index contributed by atoms with van der Waals surface area (Å²) in [5, 5.41) is 6.38. The molecule has 0 bridgehead atoms. The molecule has 26 heavy (non-hydrogen) atoms. The molecular weight excluding hydrogens is 334 g/mol. The van der Waals surface area contributed by atoms with Crippen LogP contribution in [0.5, 0.6) is 0 Å². The number of thioether (sulfide) groups is 1. The van der Waals surface area contributed by atoms with Crippen LogP contribution in [0.25, 0.3) is 10.8 Å². The third-order valence-electron chi connectivity index (χ3n) is 4.90. The maximum absolute atomic E-state index is 3.70. The highest BCUT2D eigenvalue weighted by Gasteiger charge is 2.08. The van der Waals surface area contributed by atoms with Crippen LogP contribution in [0, 0.1) is 13.8 Å². The zero-order chi connectivity index (χ0) is 18.4. The summed E-state index contributed by atoms with van der Waals surface area (Å²) < 4.78 is 0. The van der Waals surface area contributed by atoms with Crippen LogP contribution in [0.4, 0.5) is 0 Å². The normalized spacial score (nSPS) is 12.4. The molecule has 0 aromatic heterocycles. The van der Waals surface area contributed by atoms with Crippen molar-refractivity contribution in [2.24, 2.45) is 0 Å². The molecule has 0 fully saturated rings. The van der Waals surface area contributed by atoms with Gasteiger partial charge in [0.15, 0.2) is 0 Å². The molecule has 1 N–H and O–H groups in total. The van der Waals surface area contributed by atoms with E-state index in [0.717, 1.165) is 6.54 Å². The van der Waals surface area contributed by atoms with Crippen LogP contribution in [0.15, 0.2) is 65.6 Å². The second-order valence-electron chi connectivity index (χ2n) is 7.07. The first-order chi connectivity index (χ1) is 12.6. The van der Waals surface area contributed by atoms with Gasteiger partial charge in [0.05, 0.1) is 0 Å². The van der Waals surface area contributed by atoms with E-state index in [1.54, 1.807) is 0 Å². The number of rotatable bonds is 8. The highest BCUT2D eigenvalue weighted by molar-refractivity contribution is 7.99. The van der Waals surface area contributed by atoms with Gasteiger partial charge in [-0.05, 0) is 73.9 Å². The zero-order valence-electron chi connectivity index (χ0n) is 16.1. The quantitative estimate of drug-likeness (QED) is 0.354. The van der Waals surface area contributed by atoms with Gasteiger partial charge >= 0.3 is 0 Å². The number of nitrogens with one attached hydrogen (secondary N) is 1. The fourth-order valence-electron chi connectivity index (χ4n) is 3.43. The Morgan fingerprint density at radius 3 is 2.58 bits per heavy atom. The molecule has 3 aromatic rings. The van der Waals surface area contributed by atoms with Crippen LogP contribution in [0.1, 0.15) is 42.5 Å². The first-order valence-corrected chi connectivity index (χ1v) is 10.5. The van der Waals surface area contributed by atoms with Crippen LogP contribution in [-0.4, -0.2) is 12.3 Å². The van der Waals surface area contributed by atoms with Crippen molar-refractivity contribution in [1.82, 2.24) is 5.32 Å². The predicted molar refractivity (Wildman–Crippen MR) is 116 cm³/mol. The summed E-state index contributed by atoms with van der Waals surface area (Å²) in [6.07, 6.45) is 2.46. The molecule has 0 saturated carbocycles. The molecule has 0 aliphatic carbocycles. The number of hydrogen-bond acceptors (Lipinski definition) is 2. The molecule has 1 atom stereocenters. The smallest absolute Gasteiger partial charge is 0.0297 e. The largest absolute Gasteiger partial charge is 0.310 e. The van der Waals surface area contributed by atoms with Crippen molar-refractivity contribution in [2.45, 2.75) is 44.6 Å². The van der Waals surface area contributed by atoms with E-state index < -0.39 is 0 Å². The molecule has 3 rings (SSSR count). The van der Waals surface area contributed by atoms with Crippen LogP contribution >= 0.6 is 11.8 Å². The SMILES string of the molecule is Cc1ccc(SCCCCN[C@H](C)c2cccc3ccccc23)c(C)c1. The predicted octanol–water partition coefficient (Wildman–Crippen LogP) is 6.68. The average Bonchev–Trinajstić information content (AvgIpc) is 2.65. The van der Waals surface area contributed by atoms with Crippen LogP contribution in [-0.2, 0) is 0 Å². The molecule has 0 heterocycles. The number of unbranched alkanes of at least 4 members (excludes halogenated alkanes) is 1. The topological polar surface area (TPSA) is 12.0 Å². The van der Waals surface area contributed by atoms with Gasteiger partial charge in [0, 0.05) is 10.9 Å². The molecule has 1 nitrogen and oxygen atoms in total. The van der Waals surface area contributed by atoms with Crippen molar-refractivity contribution in [3.63, 3.8) is 0 Å². The summed E-state index contributed by atoms with van der Waals surface area (Å²) in [4.78, 5) is 1.42. The first kappa shape index (κ1) is 19.0. The molecule has 0 amide bonds. The van der Waals surface area contributed by atoms with E-state index >= 15 is 0 Å². The van der Waals surface area contributed by atoms with Crippen molar-refractivity contribution in [1.29, 1.82) is 0 Å². The molecule has 0 unspecified atom stereocenters. The number of aryl methyl sites for hydroxylation is 2. The van der Waals surface area contributed by atoms with Crippen molar-refractivity contribution >= 4 is 22.5 Å². The Kier molecular flexibility index (Phi) is 6.76. The lowest BCUT2D eigenvalue weighted by molar-refractivity contribution is 0.558. The summed E-state index contributed by atoms with van der Waals surface area (Å²) in [6, 6.07) is 22.4. The monoisotopic (exact) mass is 363 g/mol. The Morgan fingerprint density at radius 2 is 1.73 bits per heavy atom. The van der Waals surface area contributed by atoms with Gasteiger partial charge in [-0.3, -0.25) is 0 Å². The van der Waals surface area contributed by atoms with E-state index in [1.165, 1.54) is 51.0 Å². The summed E-state index contributed by atoms with van der Waals surface area (Å²) in [6.45, 7) is 7.71. The highest BCUT2D eigenvalue weighted by atomic mass is 32.2. The van der Waals surface area contributed by atoms with Gasteiger partial charge in [-0.15, -0.1) is 11.8 Å². The Morgan fingerprint density at radius 1 is 0.923 bits per heavy atom. The molecule has 3 aromatic carbocycles. The van der Waals surface area contributed by atoms with E-state index in [4.69, 9.17) is 0 Å². The van der Waals surface area contributed by atoms with Gasteiger partial charge in [-0.1, -0.05) is 60.2 Å². The van der Waals surface area contributed by atoms with Gasteiger partial charge in [-0.25, -0.2) is 0 Å². The number of fused-ring (bicyclic) bond motifs is 1. The maximum atomic E-state index is 3.70. The fourth-order valence-corrected chi connectivity index (χ4v) is 4.45. The Hall–Kier alpha value is -1.77. The van der Waals surface area contributed by atoms with Gasteiger partial charge < -0.3 is 5.32 Å². The van der Waals surface area contributed by atoms with E-state index in [1.807, 2.05) is 11.8 Å². The summed E-state index contributed by atoms with van der Waals surface area (Å²) >= 11 is 1.99. The van der Waals surface area contributed by atoms with Gasteiger partial charge in [0.1, 0.15) is 0 Å². The van der Waals surface area contributed by atoms with Crippen molar-refractivity contribution in [3.05, 3.63) is 77.4 Å². The second-order valence-corrected chi connectivity index (χ2v) is 8.21.